The zero-order valence-electron chi connectivity index (χ0n) is 10.0. The molecule has 7 heteroatoms. The molecule has 2 unspecified atom stereocenters. The van der Waals surface area contributed by atoms with Crippen molar-refractivity contribution in [1.82, 2.24) is 9.21 Å². The van der Waals surface area contributed by atoms with Gasteiger partial charge in [-0.3, -0.25) is 4.90 Å². The molecule has 2 aliphatic heterocycles. The topological polar surface area (TPSA) is 66.6 Å². The summed E-state index contributed by atoms with van der Waals surface area (Å²) >= 11 is 4.70. The average Bonchev–Trinajstić information content (AvgIpc) is 2.37. The molecule has 0 saturated carbocycles. The van der Waals surface area contributed by atoms with Gasteiger partial charge >= 0.3 is 0 Å². The van der Waals surface area contributed by atoms with E-state index in [9.17, 15) is 8.42 Å². The summed E-state index contributed by atoms with van der Waals surface area (Å²) in [5.41, 5.74) is 5.34. The fourth-order valence-corrected chi connectivity index (χ4v) is 4.57. The molecular formula is C10H19N3O2S2. The van der Waals surface area contributed by atoms with Gasteiger partial charge in [-0.25, -0.2) is 8.42 Å². The largest absolute Gasteiger partial charge is 0.392 e. The highest BCUT2D eigenvalue weighted by Gasteiger charge is 2.38. The van der Waals surface area contributed by atoms with Crippen LogP contribution in [0.15, 0.2) is 0 Å². The molecule has 2 saturated heterocycles. The van der Waals surface area contributed by atoms with Crippen molar-refractivity contribution in [1.29, 1.82) is 0 Å². The Morgan fingerprint density at radius 1 is 1.35 bits per heavy atom. The maximum atomic E-state index is 12.1. The Morgan fingerprint density at radius 3 is 2.65 bits per heavy atom. The summed E-state index contributed by atoms with van der Waals surface area (Å²) in [5, 5.41) is 0. The number of nitrogens with zero attached hydrogens (tertiary/aromatic N) is 2. The van der Waals surface area contributed by atoms with E-state index in [1.54, 1.807) is 4.31 Å². The number of fused-ring (bicyclic) bond motifs is 2. The highest BCUT2D eigenvalue weighted by Crippen LogP contribution is 2.29. The molecule has 2 bridgehead atoms. The monoisotopic (exact) mass is 277 g/mol. The maximum absolute atomic E-state index is 12.1. The summed E-state index contributed by atoms with van der Waals surface area (Å²) in [5.74, 6) is -0.205. The van der Waals surface area contributed by atoms with Crippen molar-refractivity contribution in [3.63, 3.8) is 0 Å². The Bertz CT molecular complexity index is 410. The van der Waals surface area contributed by atoms with Crippen molar-refractivity contribution in [2.24, 2.45) is 5.73 Å². The van der Waals surface area contributed by atoms with Gasteiger partial charge in [-0.2, -0.15) is 4.31 Å². The summed E-state index contributed by atoms with van der Waals surface area (Å²) in [6.45, 7) is 1.17. The average molecular weight is 277 g/mol. The molecule has 2 heterocycles. The predicted molar refractivity (Wildman–Crippen MR) is 71.3 cm³/mol. The number of sulfonamides is 1. The van der Waals surface area contributed by atoms with Crippen LogP contribution in [0.5, 0.6) is 0 Å². The molecule has 0 aromatic heterocycles. The van der Waals surface area contributed by atoms with Gasteiger partial charge in [0, 0.05) is 25.2 Å². The van der Waals surface area contributed by atoms with Gasteiger partial charge in [0.1, 0.15) is 5.75 Å². The molecule has 0 amide bonds. The van der Waals surface area contributed by atoms with Crippen molar-refractivity contribution >= 4 is 27.2 Å². The standard InChI is InChI=1S/C10H19N3O2S2/c1-12-8-2-3-9(12)6-13(5-4-8)17(14,15)7-10(11)16/h8-9H,2-7H2,1H3,(H2,11,16). The summed E-state index contributed by atoms with van der Waals surface area (Å²) < 4.78 is 25.7. The molecule has 0 aromatic carbocycles. The lowest BCUT2D eigenvalue weighted by Gasteiger charge is -2.25. The first-order valence-corrected chi connectivity index (χ1v) is 7.90. The molecule has 17 heavy (non-hydrogen) atoms. The van der Waals surface area contributed by atoms with Crippen molar-refractivity contribution in [2.75, 3.05) is 25.9 Å². The second-order valence-corrected chi connectivity index (χ2v) is 7.41. The molecule has 0 aromatic rings. The predicted octanol–water partition coefficient (Wildman–Crippen LogP) is -0.229. The summed E-state index contributed by atoms with van der Waals surface area (Å²) in [6, 6.07) is 0.883. The van der Waals surface area contributed by atoms with Crippen molar-refractivity contribution in [3.05, 3.63) is 0 Å². The van der Waals surface area contributed by atoms with E-state index in [4.69, 9.17) is 18.0 Å². The van der Waals surface area contributed by atoms with Gasteiger partial charge < -0.3 is 5.73 Å². The van der Waals surface area contributed by atoms with E-state index in [2.05, 4.69) is 11.9 Å². The van der Waals surface area contributed by atoms with Crippen molar-refractivity contribution in [3.8, 4) is 0 Å². The summed E-state index contributed by atoms with van der Waals surface area (Å²) in [6.07, 6.45) is 3.17. The Balaban J connectivity index is 2.11. The Hall–Kier alpha value is -0.240. The van der Waals surface area contributed by atoms with E-state index < -0.39 is 10.0 Å². The Morgan fingerprint density at radius 2 is 2.00 bits per heavy atom. The molecule has 2 atom stereocenters. The van der Waals surface area contributed by atoms with E-state index in [1.807, 2.05) is 0 Å². The van der Waals surface area contributed by atoms with Gasteiger partial charge in [-0.15, -0.1) is 0 Å². The molecule has 98 valence electrons. The van der Waals surface area contributed by atoms with Gasteiger partial charge in [-0.1, -0.05) is 12.2 Å². The molecule has 0 spiro atoms. The second kappa shape index (κ2) is 4.79. The molecule has 2 aliphatic rings. The van der Waals surface area contributed by atoms with Crippen LogP contribution in [0.1, 0.15) is 19.3 Å². The highest BCUT2D eigenvalue weighted by atomic mass is 32.2. The van der Waals surface area contributed by atoms with Crippen LogP contribution < -0.4 is 5.73 Å². The molecular weight excluding hydrogens is 258 g/mol. The van der Waals surface area contributed by atoms with Crippen LogP contribution in [0.3, 0.4) is 0 Å². The zero-order chi connectivity index (χ0) is 12.6. The summed E-state index contributed by atoms with van der Waals surface area (Å²) in [4.78, 5) is 2.36. The molecule has 5 nitrogen and oxygen atoms in total. The van der Waals surface area contributed by atoms with Crippen molar-refractivity contribution in [2.45, 2.75) is 31.3 Å². The first kappa shape index (κ1) is 13.2. The van der Waals surface area contributed by atoms with Gasteiger partial charge in [0.25, 0.3) is 0 Å². The molecule has 2 N–H and O–H groups in total. The van der Waals surface area contributed by atoms with E-state index in [-0.39, 0.29) is 10.7 Å². The minimum atomic E-state index is -3.31. The fraction of sp³-hybridized carbons (Fsp3) is 0.900. The van der Waals surface area contributed by atoms with Crippen LogP contribution in [0.2, 0.25) is 0 Å². The van der Waals surface area contributed by atoms with Crippen LogP contribution >= 0.6 is 12.2 Å². The molecule has 0 radical (unpaired) electrons. The smallest absolute Gasteiger partial charge is 0.220 e. The number of thiocarbonyl (C=S) groups is 1. The van der Waals surface area contributed by atoms with Gasteiger partial charge in [-0.05, 0) is 26.3 Å². The minimum Gasteiger partial charge on any atom is -0.392 e. The molecule has 0 aliphatic carbocycles. The summed E-state index contributed by atoms with van der Waals surface area (Å²) in [7, 11) is -1.22. The number of nitrogens with two attached hydrogens (primary N) is 1. The number of rotatable bonds is 3. The van der Waals surface area contributed by atoms with Crippen molar-refractivity contribution < 1.29 is 8.42 Å². The molecule has 2 fully saturated rings. The van der Waals surface area contributed by atoms with Crippen LogP contribution in [-0.4, -0.2) is 60.6 Å². The first-order chi connectivity index (χ1) is 7.90. The van der Waals surface area contributed by atoms with Gasteiger partial charge in [0.05, 0.1) is 4.99 Å². The van der Waals surface area contributed by atoms with Gasteiger partial charge in [0.2, 0.25) is 10.0 Å². The normalized spacial score (nSPS) is 31.4. The fourth-order valence-electron chi connectivity index (χ4n) is 2.80. The number of hydrogen-bond acceptors (Lipinski definition) is 4. The van der Waals surface area contributed by atoms with Gasteiger partial charge in [0.15, 0.2) is 0 Å². The van der Waals surface area contributed by atoms with Crippen LogP contribution in [0.4, 0.5) is 0 Å². The third-order valence-corrected chi connectivity index (χ3v) is 5.95. The minimum absolute atomic E-state index is 0.0489. The zero-order valence-corrected chi connectivity index (χ0v) is 11.6. The highest BCUT2D eigenvalue weighted by molar-refractivity contribution is 7.92. The van der Waals surface area contributed by atoms with Crippen LogP contribution in [-0.2, 0) is 10.0 Å². The van der Waals surface area contributed by atoms with E-state index in [0.717, 1.165) is 12.8 Å². The van der Waals surface area contributed by atoms with Crippen LogP contribution in [0.25, 0.3) is 0 Å². The lowest BCUT2D eigenvalue weighted by molar-refractivity contribution is 0.247. The maximum Gasteiger partial charge on any atom is 0.220 e. The van der Waals surface area contributed by atoms with E-state index >= 15 is 0 Å². The third kappa shape index (κ3) is 2.78. The third-order valence-electron chi connectivity index (χ3n) is 3.83. The second-order valence-electron chi connectivity index (χ2n) is 4.92. The quantitative estimate of drug-likeness (QED) is 0.722. The number of likely N-dealkylation sites (N-methyl/N-ethyl adjacent to an activating group) is 1. The lowest BCUT2D eigenvalue weighted by atomic mass is 10.1. The lowest BCUT2D eigenvalue weighted by Crippen LogP contribution is -2.42. The van der Waals surface area contributed by atoms with E-state index in [0.29, 0.717) is 25.2 Å². The Labute approximate surface area is 108 Å². The SMILES string of the molecule is CN1C2CCC1CN(S(=O)(=O)CC(N)=S)CC2. The molecule has 2 rings (SSSR count). The van der Waals surface area contributed by atoms with E-state index in [1.165, 1.54) is 6.42 Å². The van der Waals surface area contributed by atoms with Crippen LogP contribution in [0, 0.1) is 0 Å². The number of hydrogen-bond donors (Lipinski definition) is 1. The Kier molecular flexibility index (Phi) is 3.72. The first-order valence-electron chi connectivity index (χ1n) is 5.88.